The van der Waals surface area contributed by atoms with Crippen LogP contribution in [0.3, 0.4) is 0 Å². The van der Waals surface area contributed by atoms with Gasteiger partial charge in [0, 0.05) is 0 Å². The molecule has 0 unspecified atom stereocenters. The molecule has 4 saturated carbocycles. The molecule has 0 aromatic heterocycles. The summed E-state index contributed by atoms with van der Waals surface area (Å²) in [5.41, 5.74) is 2.45. The van der Waals surface area contributed by atoms with Gasteiger partial charge in [0.25, 0.3) is 0 Å². The Morgan fingerprint density at radius 1 is 0.857 bits per heavy atom. The van der Waals surface area contributed by atoms with E-state index in [2.05, 4.69) is 13.8 Å². The van der Waals surface area contributed by atoms with Gasteiger partial charge in [-0.2, -0.15) is 0 Å². The van der Waals surface area contributed by atoms with Crippen molar-refractivity contribution in [1.29, 1.82) is 0 Å². The van der Waals surface area contributed by atoms with Crippen LogP contribution in [0.25, 0.3) is 0 Å². The van der Waals surface area contributed by atoms with Crippen LogP contribution in [0.15, 0.2) is 0 Å². The van der Waals surface area contributed by atoms with Crippen LogP contribution in [0.5, 0.6) is 0 Å². The molecule has 0 amide bonds. The molecule has 14 heavy (non-hydrogen) atoms. The molecule has 78 valence electrons. The number of rotatable bonds is 0. The molecular formula is C14H22. The van der Waals surface area contributed by atoms with Gasteiger partial charge < -0.3 is 0 Å². The first-order valence-electron chi connectivity index (χ1n) is 6.68. The fourth-order valence-corrected chi connectivity index (χ4v) is 6.91. The molecule has 0 heterocycles. The Morgan fingerprint density at radius 3 is 2.43 bits per heavy atom. The van der Waals surface area contributed by atoms with Crippen LogP contribution in [0.1, 0.15) is 58.8 Å². The van der Waals surface area contributed by atoms with Crippen LogP contribution in [-0.2, 0) is 0 Å². The highest BCUT2D eigenvalue weighted by Crippen LogP contribution is 2.98. The fourth-order valence-electron chi connectivity index (χ4n) is 6.91. The van der Waals surface area contributed by atoms with Crippen LogP contribution >= 0.6 is 0 Å². The maximum atomic E-state index is 2.64. The molecule has 0 radical (unpaired) electrons. The molecule has 0 heteroatoms. The molecule has 0 bridgehead atoms. The zero-order valence-electron chi connectivity index (χ0n) is 9.60. The summed E-state index contributed by atoms with van der Waals surface area (Å²) in [5, 5.41) is 0. The third-order valence-corrected chi connectivity index (χ3v) is 7.38. The van der Waals surface area contributed by atoms with Gasteiger partial charge in [-0.1, -0.05) is 33.1 Å². The summed E-state index contributed by atoms with van der Waals surface area (Å²) in [7, 11) is 0. The van der Waals surface area contributed by atoms with Crippen LogP contribution in [0, 0.1) is 28.1 Å². The molecule has 0 N–H and O–H groups in total. The molecule has 0 nitrogen and oxygen atoms in total. The third kappa shape index (κ3) is 0.463. The first-order chi connectivity index (χ1) is 6.68. The third-order valence-electron chi connectivity index (χ3n) is 7.38. The summed E-state index contributed by atoms with van der Waals surface area (Å²) < 4.78 is 0. The summed E-state index contributed by atoms with van der Waals surface area (Å²) in [6.45, 7) is 5.27. The van der Waals surface area contributed by atoms with Gasteiger partial charge in [0.05, 0.1) is 0 Å². The highest BCUT2D eigenvalue weighted by molar-refractivity contribution is 5.40. The maximum Gasteiger partial charge on any atom is -0.0145 e. The molecule has 4 aliphatic carbocycles. The number of fused-ring (bicyclic) bond motifs is 3. The summed E-state index contributed by atoms with van der Waals surface area (Å²) in [6.07, 6.45) is 10.9. The molecule has 5 atom stereocenters. The fraction of sp³-hybridized carbons (Fsp3) is 1.00. The molecule has 0 aromatic carbocycles. The van der Waals surface area contributed by atoms with E-state index in [-0.39, 0.29) is 0 Å². The van der Waals surface area contributed by atoms with E-state index in [0.29, 0.717) is 0 Å². The van der Waals surface area contributed by atoms with E-state index in [0.717, 1.165) is 28.1 Å². The van der Waals surface area contributed by atoms with E-state index in [9.17, 15) is 0 Å². The van der Waals surface area contributed by atoms with Crippen LogP contribution in [-0.4, -0.2) is 0 Å². The van der Waals surface area contributed by atoms with Crippen molar-refractivity contribution in [3.8, 4) is 0 Å². The molecular weight excluding hydrogens is 168 g/mol. The topological polar surface area (TPSA) is 0 Å². The van der Waals surface area contributed by atoms with Gasteiger partial charge in [-0.15, -0.1) is 0 Å². The lowest BCUT2D eigenvalue weighted by Crippen LogP contribution is -2.41. The lowest BCUT2D eigenvalue weighted by molar-refractivity contribution is 0.00612. The highest BCUT2D eigenvalue weighted by Gasteiger charge is 2.93. The zero-order chi connectivity index (χ0) is 9.60. The Kier molecular flexibility index (Phi) is 1.14. The zero-order valence-corrected chi connectivity index (χ0v) is 9.60. The molecule has 4 rings (SSSR count). The van der Waals surface area contributed by atoms with E-state index < -0.39 is 0 Å². The molecule has 4 aliphatic rings. The van der Waals surface area contributed by atoms with E-state index in [1.54, 1.807) is 32.1 Å². The Labute approximate surface area is 87.5 Å². The van der Waals surface area contributed by atoms with E-state index in [1.807, 2.05) is 0 Å². The van der Waals surface area contributed by atoms with Gasteiger partial charge in [-0.3, -0.25) is 0 Å². The van der Waals surface area contributed by atoms with Crippen molar-refractivity contribution in [2.24, 2.45) is 28.1 Å². The Bertz CT molecular complexity index is 307. The second-order valence-corrected chi connectivity index (χ2v) is 6.86. The minimum Gasteiger partial charge on any atom is -0.0585 e. The van der Waals surface area contributed by atoms with Crippen molar-refractivity contribution in [3.63, 3.8) is 0 Å². The summed E-state index contributed by atoms with van der Waals surface area (Å²) in [4.78, 5) is 0. The van der Waals surface area contributed by atoms with Gasteiger partial charge in [-0.25, -0.2) is 0 Å². The quantitative estimate of drug-likeness (QED) is 0.541. The first kappa shape index (κ1) is 8.19. The summed E-state index contributed by atoms with van der Waals surface area (Å²) in [6, 6.07) is 0. The Hall–Kier alpha value is 0. The lowest BCUT2D eigenvalue weighted by atomic mass is 9.57. The molecule has 1 spiro atoms. The van der Waals surface area contributed by atoms with Gasteiger partial charge >= 0.3 is 0 Å². The Balaban J connectivity index is 1.82. The second kappa shape index (κ2) is 1.95. The van der Waals surface area contributed by atoms with Crippen molar-refractivity contribution in [2.45, 2.75) is 58.8 Å². The smallest absolute Gasteiger partial charge is 0.0145 e. The lowest BCUT2D eigenvalue weighted by Gasteiger charge is -2.47. The average molecular weight is 190 g/mol. The SMILES string of the molecule is C[C@]12CCCC[C@]13[C@H]1CCC[C@H]1[C@@]23C. The molecule has 0 aromatic rings. The van der Waals surface area contributed by atoms with Crippen molar-refractivity contribution in [1.82, 2.24) is 0 Å². The Morgan fingerprint density at radius 2 is 1.57 bits per heavy atom. The van der Waals surface area contributed by atoms with Crippen LogP contribution < -0.4 is 0 Å². The maximum absolute atomic E-state index is 2.64. The minimum atomic E-state index is 0.786. The van der Waals surface area contributed by atoms with Crippen molar-refractivity contribution >= 4 is 0 Å². The van der Waals surface area contributed by atoms with E-state index in [4.69, 9.17) is 0 Å². The predicted octanol–water partition coefficient (Wildman–Crippen LogP) is 4.00. The number of hydrogen-bond donors (Lipinski definition) is 0. The largest absolute Gasteiger partial charge is 0.0585 e. The van der Waals surface area contributed by atoms with Crippen LogP contribution in [0.4, 0.5) is 0 Å². The van der Waals surface area contributed by atoms with Crippen molar-refractivity contribution in [3.05, 3.63) is 0 Å². The summed E-state index contributed by atoms with van der Waals surface area (Å²) in [5.74, 6) is 2.31. The molecule has 0 saturated heterocycles. The second-order valence-electron chi connectivity index (χ2n) is 6.86. The van der Waals surface area contributed by atoms with Gasteiger partial charge in [0.2, 0.25) is 0 Å². The monoisotopic (exact) mass is 190 g/mol. The van der Waals surface area contributed by atoms with Gasteiger partial charge in [0.1, 0.15) is 0 Å². The van der Waals surface area contributed by atoms with Crippen LogP contribution in [0.2, 0.25) is 0 Å². The van der Waals surface area contributed by atoms with Crippen molar-refractivity contribution < 1.29 is 0 Å². The normalized spacial score (nSPS) is 69.0. The van der Waals surface area contributed by atoms with Crippen molar-refractivity contribution in [2.75, 3.05) is 0 Å². The average Bonchev–Trinajstić information content (AvgIpc) is 2.57. The number of hydrogen-bond acceptors (Lipinski definition) is 0. The first-order valence-corrected chi connectivity index (χ1v) is 6.68. The molecule has 4 fully saturated rings. The van der Waals surface area contributed by atoms with E-state index in [1.165, 1.54) is 12.8 Å². The standard InChI is InChI=1S/C14H22/c1-12-8-3-4-9-14(12)11-7-5-6-10(11)13(12,14)2/h10-11H,3-9H2,1-2H3/t10-,11+,12-,13+,14+/m1/s1. The minimum absolute atomic E-state index is 0.786. The summed E-state index contributed by atoms with van der Waals surface area (Å²) >= 11 is 0. The highest BCUT2D eigenvalue weighted by atomic mass is 15.0. The predicted molar refractivity (Wildman–Crippen MR) is 57.9 cm³/mol. The van der Waals surface area contributed by atoms with Gasteiger partial charge in [0.15, 0.2) is 0 Å². The van der Waals surface area contributed by atoms with Gasteiger partial charge in [-0.05, 0) is 53.8 Å². The molecule has 0 aliphatic heterocycles. The van der Waals surface area contributed by atoms with E-state index >= 15 is 0 Å².